The second-order valence-corrected chi connectivity index (χ2v) is 8.88. The van der Waals surface area contributed by atoms with Crippen molar-refractivity contribution in [2.45, 2.75) is 45.7 Å². The number of nitrogens with two attached hydrogens (primary N) is 1. The lowest BCUT2D eigenvalue weighted by Crippen LogP contribution is -2.44. The van der Waals surface area contributed by atoms with E-state index in [0.717, 1.165) is 17.5 Å². The zero-order valence-electron chi connectivity index (χ0n) is 21.0. The van der Waals surface area contributed by atoms with Gasteiger partial charge in [0, 0.05) is 6.20 Å². The lowest BCUT2D eigenvalue weighted by atomic mass is 10.0. The molecule has 0 fully saturated rings. The number of anilines is 1. The summed E-state index contributed by atoms with van der Waals surface area (Å²) in [4.78, 5) is 53.1. The molecule has 0 radical (unpaired) electrons. The summed E-state index contributed by atoms with van der Waals surface area (Å²) in [6, 6.07) is 7.82. The van der Waals surface area contributed by atoms with E-state index in [4.69, 9.17) is 10.2 Å². The Balaban J connectivity index is 1.78. The van der Waals surface area contributed by atoms with Gasteiger partial charge < -0.3 is 30.1 Å². The number of oxazole rings is 1. The number of ether oxygens (including phenoxy) is 1. The summed E-state index contributed by atoms with van der Waals surface area (Å²) in [6.07, 6.45) is 4.70. The van der Waals surface area contributed by atoms with Crippen LogP contribution in [0.5, 0.6) is 0 Å². The van der Waals surface area contributed by atoms with Crippen molar-refractivity contribution in [3.05, 3.63) is 70.5 Å². The van der Waals surface area contributed by atoms with Crippen LogP contribution in [-0.2, 0) is 27.3 Å². The van der Waals surface area contributed by atoms with Crippen LogP contribution in [0.2, 0.25) is 0 Å². The molecule has 4 N–H and O–H groups in total. The fourth-order valence-electron chi connectivity index (χ4n) is 3.78. The number of methoxy groups -OCH3 is 1. The standard InChI is InChI=1S/C26H31N5O6/c1-16(2)14-17-8-6-11-20-23(17)30-22(37-20)15-31-13-7-10-19(25(31)34)28-24(33)18(29-26(35)36-3)9-4-5-12-21(27)32/h5-8,10-13,16,18H,4,9,14-15H2,1-3H3,(H2,27,32)(H,28,33)(H,29,35)/b12-5+/t18-/m0/s1. The number of rotatable bonds is 11. The third kappa shape index (κ3) is 7.53. The highest BCUT2D eigenvalue weighted by Gasteiger charge is 2.22. The van der Waals surface area contributed by atoms with Crippen molar-refractivity contribution in [3.63, 3.8) is 0 Å². The van der Waals surface area contributed by atoms with Gasteiger partial charge in [0.05, 0.1) is 7.11 Å². The smallest absolute Gasteiger partial charge is 0.407 e. The first kappa shape index (κ1) is 27.2. The van der Waals surface area contributed by atoms with Gasteiger partial charge in [0.15, 0.2) is 5.58 Å². The van der Waals surface area contributed by atoms with Gasteiger partial charge in [-0.3, -0.25) is 14.4 Å². The number of primary amides is 1. The number of hydrogen-bond donors (Lipinski definition) is 3. The van der Waals surface area contributed by atoms with Crippen molar-refractivity contribution in [3.8, 4) is 0 Å². The molecule has 2 aromatic heterocycles. The highest BCUT2D eigenvalue weighted by Crippen LogP contribution is 2.22. The third-order valence-electron chi connectivity index (χ3n) is 5.46. The molecule has 2 heterocycles. The average Bonchev–Trinajstić information content (AvgIpc) is 3.26. The second-order valence-electron chi connectivity index (χ2n) is 8.88. The van der Waals surface area contributed by atoms with E-state index in [1.165, 1.54) is 29.9 Å². The number of pyridine rings is 1. The summed E-state index contributed by atoms with van der Waals surface area (Å²) >= 11 is 0. The second kappa shape index (κ2) is 12.5. The molecular formula is C26H31N5O6. The minimum atomic E-state index is -1.02. The van der Waals surface area contributed by atoms with E-state index < -0.39 is 29.5 Å². The quantitative estimate of drug-likeness (QED) is 0.335. The van der Waals surface area contributed by atoms with Gasteiger partial charge >= 0.3 is 6.09 Å². The molecule has 3 aromatic rings. The Morgan fingerprint density at radius 1 is 1.22 bits per heavy atom. The molecule has 1 aromatic carbocycles. The lowest BCUT2D eigenvalue weighted by molar-refractivity contribution is -0.118. The largest absolute Gasteiger partial charge is 0.453 e. The zero-order chi connectivity index (χ0) is 26.9. The van der Waals surface area contributed by atoms with E-state index in [1.807, 2.05) is 18.2 Å². The Labute approximate surface area is 213 Å². The number of nitrogens with one attached hydrogen (secondary N) is 2. The molecule has 0 aliphatic heterocycles. The van der Waals surface area contributed by atoms with Gasteiger partial charge in [0.1, 0.15) is 23.8 Å². The summed E-state index contributed by atoms with van der Waals surface area (Å²) in [6.45, 7) is 4.32. The monoisotopic (exact) mass is 509 g/mol. The molecule has 0 bridgehead atoms. The maximum absolute atomic E-state index is 13.1. The number of allylic oxidation sites excluding steroid dienone is 1. The first-order chi connectivity index (χ1) is 17.7. The SMILES string of the molecule is COC(=O)N[C@@H](CC/C=C/C(N)=O)C(=O)Nc1cccn(Cc2nc3c(CC(C)C)cccc3o2)c1=O. The van der Waals surface area contributed by atoms with Crippen LogP contribution in [-0.4, -0.2) is 40.6 Å². The predicted molar refractivity (Wildman–Crippen MR) is 138 cm³/mol. The van der Waals surface area contributed by atoms with Crippen molar-refractivity contribution in [2.24, 2.45) is 11.7 Å². The maximum atomic E-state index is 13.1. The maximum Gasteiger partial charge on any atom is 0.407 e. The van der Waals surface area contributed by atoms with Crippen molar-refractivity contribution < 1.29 is 23.5 Å². The van der Waals surface area contributed by atoms with Crippen LogP contribution in [0.15, 0.2) is 57.9 Å². The van der Waals surface area contributed by atoms with Gasteiger partial charge in [-0.2, -0.15) is 0 Å². The normalized spacial score (nSPS) is 12.1. The molecule has 11 nitrogen and oxygen atoms in total. The van der Waals surface area contributed by atoms with Gasteiger partial charge in [0.2, 0.25) is 17.7 Å². The molecule has 3 rings (SSSR count). The molecular weight excluding hydrogens is 478 g/mol. The molecule has 0 aliphatic carbocycles. The molecule has 0 unspecified atom stereocenters. The molecule has 0 aliphatic rings. The van der Waals surface area contributed by atoms with E-state index in [9.17, 15) is 19.2 Å². The molecule has 0 saturated carbocycles. The Morgan fingerprint density at radius 2 is 2.00 bits per heavy atom. The number of fused-ring (bicyclic) bond motifs is 1. The van der Waals surface area contributed by atoms with Crippen molar-refractivity contribution in [1.82, 2.24) is 14.9 Å². The number of carbonyl (C=O) groups excluding carboxylic acids is 3. The van der Waals surface area contributed by atoms with Crippen molar-refractivity contribution in [2.75, 3.05) is 12.4 Å². The average molecular weight is 510 g/mol. The predicted octanol–water partition coefficient (Wildman–Crippen LogP) is 2.72. The first-order valence-electron chi connectivity index (χ1n) is 11.9. The number of aromatic nitrogens is 2. The van der Waals surface area contributed by atoms with E-state index in [-0.39, 0.29) is 25.1 Å². The Hall–Kier alpha value is -4.41. The third-order valence-corrected chi connectivity index (χ3v) is 5.46. The van der Waals surface area contributed by atoms with Gasteiger partial charge in [-0.1, -0.05) is 32.1 Å². The fraction of sp³-hybridized carbons (Fsp3) is 0.346. The van der Waals surface area contributed by atoms with E-state index in [1.54, 1.807) is 12.3 Å². The molecule has 3 amide bonds. The molecule has 1 atom stereocenters. The molecule has 11 heteroatoms. The van der Waals surface area contributed by atoms with Gasteiger partial charge in [-0.05, 0) is 55.0 Å². The summed E-state index contributed by atoms with van der Waals surface area (Å²) in [5.41, 5.74) is 7.11. The van der Waals surface area contributed by atoms with Crippen LogP contribution in [0.1, 0.15) is 38.1 Å². The topological polar surface area (TPSA) is 159 Å². The van der Waals surface area contributed by atoms with Crippen molar-refractivity contribution >= 4 is 34.7 Å². The van der Waals surface area contributed by atoms with Gasteiger partial charge in [0.25, 0.3) is 5.56 Å². The van der Waals surface area contributed by atoms with Crippen LogP contribution in [0.25, 0.3) is 11.1 Å². The van der Waals surface area contributed by atoms with Crippen molar-refractivity contribution in [1.29, 1.82) is 0 Å². The number of para-hydroxylation sites is 1. The Bertz CT molecular complexity index is 1360. The first-order valence-corrected chi connectivity index (χ1v) is 11.9. The number of carbonyl (C=O) groups is 3. The highest BCUT2D eigenvalue weighted by atomic mass is 16.5. The van der Waals surface area contributed by atoms with Gasteiger partial charge in [-0.15, -0.1) is 0 Å². The van der Waals surface area contributed by atoms with E-state index in [2.05, 4.69) is 34.2 Å². The fourth-order valence-corrected chi connectivity index (χ4v) is 3.78. The van der Waals surface area contributed by atoms with Crippen LogP contribution in [0, 0.1) is 5.92 Å². The van der Waals surface area contributed by atoms with Crippen LogP contribution >= 0.6 is 0 Å². The van der Waals surface area contributed by atoms with Crippen LogP contribution in [0.3, 0.4) is 0 Å². The summed E-state index contributed by atoms with van der Waals surface area (Å²) < 4.78 is 11.8. The highest BCUT2D eigenvalue weighted by molar-refractivity contribution is 5.96. The number of hydrogen-bond acceptors (Lipinski definition) is 7. The minimum absolute atomic E-state index is 0.0217. The molecule has 0 saturated heterocycles. The van der Waals surface area contributed by atoms with Crippen LogP contribution < -0.4 is 21.9 Å². The number of nitrogens with zero attached hydrogens (tertiary/aromatic N) is 2. The Kier molecular flexibility index (Phi) is 9.20. The Morgan fingerprint density at radius 3 is 2.70 bits per heavy atom. The number of benzene rings is 1. The molecule has 0 spiro atoms. The summed E-state index contributed by atoms with van der Waals surface area (Å²) in [5.74, 6) is -0.427. The van der Waals surface area contributed by atoms with Crippen LogP contribution in [0.4, 0.5) is 10.5 Å². The number of alkyl carbamates (subject to hydrolysis) is 1. The molecule has 196 valence electrons. The summed E-state index contributed by atoms with van der Waals surface area (Å²) in [7, 11) is 1.17. The van der Waals surface area contributed by atoms with E-state index >= 15 is 0 Å². The number of amides is 3. The lowest BCUT2D eigenvalue weighted by Gasteiger charge is -2.17. The minimum Gasteiger partial charge on any atom is -0.453 e. The van der Waals surface area contributed by atoms with E-state index in [0.29, 0.717) is 17.4 Å². The summed E-state index contributed by atoms with van der Waals surface area (Å²) in [5, 5.41) is 4.99. The zero-order valence-corrected chi connectivity index (χ0v) is 21.0. The molecule has 37 heavy (non-hydrogen) atoms. The van der Waals surface area contributed by atoms with Gasteiger partial charge in [-0.25, -0.2) is 9.78 Å².